The van der Waals surface area contributed by atoms with Crippen molar-refractivity contribution in [3.05, 3.63) is 95.7 Å². The molecule has 170 valence electrons. The largest absolute Gasteiger partial charge is 0.480 e. The molecule has 0 saturated carbocycles. The third-order valence-electron chi connectivity index (χ3n) is 6.29. The predicted octanol–water partition coefficient (Wildman–Crippen LogP) is 4.21. The first-order chi connectivity index (χ1) is 16.6. The van der Waals surface area contributed by atoms with Crippen LogP contribution >= 0.6 is 0 Å². The molecule has 3 aromatic carbocycles. The fraction of sp³-hybridized carbons (Fsp3) is 0.148. The van der Waals surface area contributed by atoms with Crippen LogP contribution in [0.3, 0.4) is 0 Å². The first-order valence-electron chi connectivity index (χ1n) is 10.9. The minimum Gasteiger partial charge on any atom is -0.480 e. The molecule has 0 unspecified atom stereocenters. The van der Waals surface area contributed by atoms with E-state index < -0.39 is 18.1 Å². The summed E-state index contributed by atoms with van der Waals surface area (Å²) in [5.74, 6) is -1.30. The molecule has 0 spiro atoms. The molecule has 1 aliphatic rings. The number of hydrogen-bond acceptors (Lipinski definition) is 4. The third-order valence-corrected chi connectivity index (χ3v) is 6.29. The Morgan fingerprint density at radius 3 is 2.24 bits per heavy atom. The van der Waals surface area contributed by atoms with Crippen LogP contribution in [-0.2, 0) is 20.7 Å². The number of aliphatic carboxylic acids is 1. The fourth-order valence-electron chi connectivity index (χ4n) is 4.73. The molecule has 7 heteroatoms. The Morgan fingerprint density at radius 2 is 1.59 bits per heavy atom. The number of para-hydroxylation sites is 1. The Kier molecular flexibility index (Phi) is 5.59. The second kappa shape index (κ2) is 8.86. The molecule has 0 saturated heterocycles. The molecule has 1 heterocycles. The monoisotopic (exact) mass is 454 g/mol. The maximum absolute atomic E-state index is 12.6. The number of carbonyl (C=O) groups is 3. The van der Waals surface area contributed by atoms with Crippen molar-refractivity contribution in [1.29, 1.82) is 0 Å². The molecular formula is C27H22N2O5. The molecule has 4 aromatic rings. The van der Waals surface area contributed by atoms with Gasteiger partial charge in [-0.15, -0.1) is 0 Å². The first kappa shape index (κ1) is 21.5. The van der Waals surface area contributed by atoms with Gasteiger partial charge in [0.2, 0.25) is 6.41 Å². The van der Waals surface area contributed by atoms with E-state index >= 15 is 0 Å². The van der Waals surface area contributed by atoms with E-state index in [2.05, 4.69) is 5.32 Å². The highest BCUT2D eigenvalue weighted by Gasteiger charge is 2.30. The van der Waals surface area contributed by atoms with Gasteiger partial charge in [0, 0.05) is 23.9 Å². The maximum atomic E-state index is 12.6. The Labute approximate surface area is 195 Å². The van der Waals surface area contributed by atoms with Gasteiger partial charge in [0.25, 0.3) is 0 Å². The zero-order valence-corrected chi connectivity index (χ0v) is 18.2. The Bertz CT molecular complexity index is 1360. The lowest BCUT2D eigenvalue weighted by atomic mass is 9.98. The standard InChI is InChI=1S/C27H22N2O5/c30-16-29-14-17(18-7-5-6-12-25(18)29)13-24(26(31)32)28-27(33)34-15-23-21-10-3-1-8-19(21)20-9-2-4-11-22(20)23/h1-12,14,16,23-24H,13,15H2,(H,28,33)(H,31,32)/t24-/m0/s1. The molecule has 7 nitrogen and oxygen atoms in total. The van der Waals surface area contributed by atoms with Crippen LogP contribution in [0.5, 0.6) is 0 Å². The van der Waals surface area contributed by atoms with E-state index in [1.807, 2.05) is 60.7 Å². The van der Waals surface area contributed by atoms with Crippen LogP contribution in [-0.4, -0.2) is 40.8 Å². The van der Waals surface area contributed by atoms with Crippen molar-refractivity contribution in [1.82, 2.24) is 9.88 Å². The smallest absolute Gasteiger partial charge is 0.407 e. The van der Waals surface area contributed by atoms with Crippen LogP contribution in [0.25, 0.3) is 22.0 Å². The summed E-state index contributed by atoms with van der Waals surface area (Å²) in [5, 5.41) is 12.9. The lowest BCUT2D eigenvalue weighted by Gasteiger charge is -2.17. The SMILES string of the molecule is O=Cn1cc(C[C@H](NC(=O)OCC2c3ccccc3-c3ccccc32)C(=O)O)c2ccccc21. The average molecular weight is 454 g/mol. The van der Waals surface area contributed by atoms with Crippen molar-refractivity contribution in [3.63, 3.8) is 0 Å². The Balaban J connectivity index is 1.30. The summed E-state index contributed by atoms with van der Waals surface area (Å²) in [6.07, 6.45) is 1.47. The molecule has 0 radical (unpaired) electrons. The topological polar surface area (TPSA) is 97.6 Å². The van der Waals surface area contributed by atoms with Crippen LogP contribution in [0.2, 0.25) is 0 Å². The second-order valence-corrected chi connectivity index (χ2v) is 8.25. The van der Waals surface area contributed by atoms with Crippen molar-refractivity contribution in [3.8, 4) is 11.1 Å². The zero-order valence-electron chi connectivity index (χ0n) is 18.2. The number of rotatable bonds is 7. The first-order valence-corrected chi connectivity index (χ1v) is 10.9. The quantitative estimate of drug-likeness (QED) is 0.408. The molecule has 1 atom stereocenters. The molecule has 1 aromatic heterocycles. The van der Waals surface area contributed by atoms with Gasteiger partial charge in [-0.1, -0.05) is 66.7 Å². The van der Waals surface area contributed by atoms with Gasteiger partial charge in [-0.05, 0) is 33.9 Å². The number of alkyl carbamates (subject to hydrolysis) is 1. The van der Waals surface area contributed by atoms with E-state index in [-0.39, 0.29) is 18.9 Å². The molecule has 2 N–H and O–H groups in total. The van der Waals surface area contributed by atoms with Gasteiger partial charge >= 0.3 is 12.1 Å². The number of carbonyl (C=O) groups excluding carboxylic acids is 2. The van der Waals surface area contributed by atoms with E-state index in [0.29, 0.717) is 17.5 Å². The second-order valence-electron chi connectivity index (χ2n) is 8.25. The van der Waals surface area contributed by atoms with Gasteiger partial charge in [0.1, 0.15) is 12.6 Å². The van der Waals surface area contributed by atoms with Crippen LogP contribution < -0.4 is 5.32 Å². The van der Waals surface area contributed by atoms with Crippen molar-refractivity contribution < 1.29 is 24.2 Å². The summed E-state index contributed by atoms with van der Waals surface area (Å²) in [5.41, 5.74) is 5.71. The van der Waals surface area contributed by atoms with E-state index in [9.17, 15) is 19.5 Å². The lowest BCUT2D eigenvalue weighted by molar-refractivity contribution is -0.139. The number of aromatic nitrogens is 1. The van der Waals surface area contributed by atoms with E-state index in [4.69, 9.17) is 4.74 Å². The molecule has 1 aliphatic carbocycles. The van der Waals surface area contributed by atoms with Crippen LogP contribution in [0.4, 0.5) is 4.79 Å². The number of nitrogens with zero attached hydrogens (tertiary/aromatic N) is 1. The number of amides is 1. The van der Waals surface area contributed by atoms with Gasteiger partial charge < -0.3 is 15.2 Å². The highest BCUT2D eigenvalue weighted by atomic mass is 16.5. The number of hydrogen-bond donors (Lipinski definition) is 2. The van der Waals surface area contributed by atoms with Gasteiger partial charge in [-0.25, -0.2) is 9.59 Å². The predicted molar refractivity (Wildman–Crippen MR) is 127 cm³/mol. The summed E-state index contributed by atoms with van der Waals surface area (Å²) in [7, 11) is 0. The van der Waals surface area contributed by atoms with Gasteiger partial charge in [-0.3, -0.25) is 9.36 Å². The summed E-state index contributed by atoms with van der Waals surface area (Å²) in [4.78, 5) is 35.9. The minimum absolute atomic E-state index is 0.0148. The van der Waals surface area contributed by atoms with Crippen molar-refractivity contribution in [2.24, 2.45) is 0 Å². The minimum atomic E-state index is -1.21. The maximum Gasteiger partial charge on any atom is 0.407 e. The number of nitrogens with one attached hydrogen (secondary N) is 1. The molecular weight excluding hydrogens is 432 g/mol. The fourth-order valence-corrected chi connectivity index (χ4v) is 4.73. The van der Waals surface area contributed by atoms with Crippen LogP contribution in [0.1, 0.15) is 22.6 Å². The molecule has 34 heavy (non-hydrogen) atoms. The Hall–Kier alpha value is -4.39. The molecule has 1 amide bonds. The van der Waals surface area contributed by atoms with Gasteiger partial charge in [0.05, 0.1) is 5.52 Å². The summed E-state index contributed by atoms with van der Waals surface area (Å²) >= 11 is 0. The number of carboxylic acid groups (broad SMARTS) is 1. The molecule has 0 fully saturated rings. The lowest BCUT2D eigenvalue weighted by Crippen LogP contribution is -2.42. The van der Waals surface area contributed by atoms with Crippen molar-refractivity contribution >= 4 is 29.4 Å². The van der Waals surface area contributed by atoms with E-state index in [1.54, 1.807) is 18.3 Å². The highest BCUT2D eigenvalue weighted by molar-refractivity contribution is 5.89. The number of carboxylic acids is 1. The van der Waals surface area contributed by atoms with E-state index in [0.717, 1.165) is 27.6 Å². The number of benzene rings is 3. The number of ether oxygens (including phenoxy) is 1. The van der Waals surface area contributed by atoms with Crippen LogP contribution in [0, 0.1) is 0 Å². The average Bonchev–Trinajstić information content (AvgIpc) is 3.38. The van der Waals surface area contributed by atoms with Gasteiger partial charge in [-0.2, -0.15) is 0 Å². The highest BCUT2D eigenvalue weighted by Crippen LogP contribution is 2.44. The van der Waals surface area contributed by atoms with E-state index in [1.165, 1.54) is 4.57 Å². The molecule has 5 rings (SSSR count). The van der Waals surface area contributed by atoms with Crippen molar-refractivity contribution in [2.75, 3.05) is 6.61 Å². The van der Waals surface area contributed by atoms with Crippen molar-refractivity contribution in [2.45, 2.75) is 18.4 Å². The van der Waals surface area contributed by atoms with Crippen LogP contribution in [0.15, 0.2) is 79.0 Å². The third kappa shape index (κ3) is 3.81. The summed E-state index contributed by atoms with van der Waals surface area (Å²) in [6, 6.07) is 22.0. The molecule has 0 bridgehead atoms. The summed E-state index contributed by atoms with van der Waals surface area (Å²) < 4.78 is 6.90. The summed E-state index contributed by atoms with van der Waals surface area (Å²) in [6.45, 7) is 0.0939. The number of fused-ring (bicyclic) bond motifs is 4. The Morgan fingerprint density at radius 1 is 0.971 bits per heavy atom. The normalized spacial score (nSPS) is 13.2. The van der Waals surface area contributed by atoms with Gasteiger partial charge in [0.15, 0.2) is 0 Å². The molecule has 0 aliphatic heterocycles. The zero-order chi connectivity index (χ0) is 23.7.